The Hall–Kier alpha value is -1.15. The number of carbonyl (C=O) groups excluding carboxylic acids is 1. The summed E-state index contributed by atoms with van der Waals surface area (Å²) < 4.78 is 6.46. The molecular weight excluding hydrogens is 363 g/mol. The van der Waals surface area contributed by atoms with Crippen molar-refractivity contribution in [2.75, 3.05) is 6.61 Å². The largest absolute Gasteiger partial charge is 0.493 e. The first-order valence-corrected chi connectivity index (χ1v) is 6.85. The maximum Gasteiger partial charge on any atom is 0.273 e. The van der Waals surface area contributed by atoms with Gasteiger partial charge in [-0.05, 0) is 65.5 Å². The summed E-state index contributed by atoms with van der Waals surface area (Å²) >= 11 is 7.07. The molecule has 1 fully saturated rings. The van der Waals surface area contributed by atoms with Gasteiger partial charge in [-0.1, -0.05) is 6.07 Å². The Labute approximate surface area is 124 Å². The monoisotopic (exact) mass is 374 g/mol. The third kappa shape index (κ3) is 2.99. The van der Waals surface area contributed by atoms with Crippen molar-refractivity contribution in [2.45, 2.75) is 6.92 Å². The number of thiocarbonyl (C=S) groups is 1. The van der Waals surface area contributed by atoms with Gasteiger partial charge < -0.3 is 10.1 Å². The minimum Gasteiger partial charge on any atom is -0.493 e. The summed E-state index contributed by atoms with van der Waals surface area (Å²) in [6, 6.07) is 5.74. The first-order chi connectivity index (χ1) is 8.60. The lowest BCUT2D eigenvalue weighted by Gasteiger charge is -2.06. The molecule has 0 spiro atoms. The van der Waals surface area contributed by atoms with Crippen molar-refractivity contribution < 1.29 is 9.53 Å². The average Bonchev–Trinajstić information content (AvgIpc) is 2.61. The second-order valence-electron chi connectivity index (χ2n) is 3.59. The van der Waals surface area contributed by atoms with Gasteiger partial charge in [0.2, 0.25) is 0 Å². The number of amides is 1. The maximum atomic E-state index is 11.5. The van der Waals surface area contributed by atoms with E-state index in [2.05, 4.69) is 33.2 Å². The van der Waals surface area contributed by atoms with Gasteiger partial charge in [0.05, 0.1) is 10.2 Å². The molecule has 0 radical (unpaired) electrons. The summed E-state index contributed by atoms with van der Waals surface area (Å²) in [5.74, 6) is 0.642. The van der Waals surface area contributed by atoms with E-state index in [1.165, 1.54) is 0 Å². The summed E-state index contributed by atoms with van der Waals surface area (Å²) in [6.07, 6.45) is 1.76. The van der Waals surface area contributed by atoms with Crippen LogP contribution in [-0.2, 0) is 4.79 Å². The summed E-state index contributed by atoms with van der Waals surface area (Å²) in [5, 5.41) is 5.67. The quantitative estimate of drug-likeness (QED) is 0.483. The van der Waals surface area contributed by atoms with Crippen LogP contribution in [0.15, 0.2) is 23.9 Å². The normalized spacial score (nSPS) is 16.7. The standard InChI is InChI=1S/C12H11IN2O2S/c1-2-17-10-4-3-7(5-8(10)13)6-9-11(16)15-12(18)14-9/h3-6H,2H2,1H3,(H2,14,15,16,18)/b9-6+. The van der Waals surface area contributed by atoms with E-state index in [0.717, 1.165) is 14.9 Å². The first-order valence-electron chi connectivity index (χ1n) is 5.36. The molecule has 1 aliphatic rings. The highest BCUT2D eigenvalue weighted by Gasteiger charge is 2.19. The van der Waals surface area contributed by atoms with Crippen LogP contribution in [0.5, 0.6) is 5.75 Å². The summed E-state index contributed by atoms with van der Waals surface area (Å²) in [6.45, 7) is 2.58. The van der Waals surface area contributed by atoms with Gasteiger partial charge >= 0.3 is 0 Å². The average molecular weight is 374 g/mol. The smallest absolute Gasteiger partial charge is 0.273 e. The highest BCUT2D eigenvalue weighted by Crippen LogP contribution is 2.23. The topological polar surface area (TPSA) is 50.4 Å². The zero-order valence-electron chi connectivity index (χ0n) is 9.62. The van der Waals surface area contributed by atoms with Crippen molar-refractivity contribution in [2.24, 2.45) is 0 Å². The van der Waals surface area contributed by atoms with E-state index in [-0.39, 0.29) is 5.91 Å². The summed E-state index contributed by atoms with van der Waals surface area (Å²) in [5.41, 5.74) is 1.38. The number of benzene rings is 1. The Morgan fingerprint density at radius 1 is 1.44 bits per heavy atom. The van der Waals surface area contributed by atoms with Gasteiger partial charge in [0.15, 0.2) is 5.11 Å². The highest BCUT2D eigenvalue weighted by molar-refractivity contribution is 14.1. The minimum absolute atomic E-state index is 0.205. The van der Waals surface area contributed by atoms with Crippen molar-refractivity contribution in [3.8, 4) is 5.75 Å². The van der Waals surface area contributed by atoms with Gasteiger partial charge in [-0.2, -0.15) is 0 Å². The van der Waals surface area contributed by atoms with Crippen LogP contribution >= 0.6 is 34.8 Å². The fourth-order valence-corrected chi connectivity index (χ4v) is 2.43. The molecule has 0 unspecified atom stereocenters. The van der Waals surface area contributed by atoms with E-state index in [1.807, 2.05) is 25.1 Å². The van der Waals surface area contributed by atoms with E-state index in [4.69, 9.17) is 17.0 Å². The van der Waals surface area contributed by atoms with Gasteiger partial charge in [-0.3, -0.25) is 10.1 Å². The van der Waals surface area contributed by atoms with Gasteiger partial charge in [-0.25, -0.2) is 0 Å². The molecule has 2 rings (SSSR count). The number of nitrogens with one attached hydrogen (secondary N) is 2. The lowest BCUT2D eigenvalue weighted by molar-refractivity contribution is -0.115. The Kier molecular flexibility index (Phi) is 4.18. The highest BCUT2D eigenvalue weighted by atomic mass is 127. The van der Waals surface area contributed by atoms with E-state index in [9.17, 15) is 4.79 Å². The zero-order valence-corrected chi connectivity index (χ0v) is 12.6. The van der Waals surface area contributed by atoms with Crippen molar-refractivity contribution in [3.05, 3.63) is 33.0 Å². The summed E-state index contributed by atoms with van der Waals surface area (Å²) in [7, 11) is 0. The number of hydrogen-bond donors (Lipinski definition) is 2. The van der Waals surface area contributed by atoms with Crippen LogP contribution in [0.2, 0.25) is 0 Å². The third-order valence-corrected chi connectivity index (χ3v) is 3.33. The predicted molar refractivity (Wildman–Crippen MR) is 82.2 cm³/mol. The van der Waals surface area contributed by atoms with Crippen LogP contribution in [-0.4, -0.2) is 17.6 Å². The molecule has 0 aliphatic carbocycles. The van der Waals surface area contributed by atoms with Crippen molar-refractivity contribution in [3.63, 3.8) is 0 Å². The fraction of sp³-hybridized carbons (Fsp3) is 0.167. The molecule has 4 nitrogen and oxygen atoms in total. The van der Waals surface area contributed by atoms with Crippen molar-refractivity contribution in [1.82, 2.24) is 10.6 Å². The number of hydrogen-bond acceptors (Lipinski definition) is 3. The van der Waals surface area contributed by atoms with Crippen LogP contribution in [0.3, 0.4) is 0 Å². The number of carbonyl (C=O) groups is 1. The Morgan fingerprint density at radius 2 is 2.22 bits per heavy atom. The Balaban J connectivity index is 2.25. The molecule has 1 saturated heterocycles. The molecule has 18 heavy (non-hydrogen) atoms. The molecule has 1 aliphatic heterocycles. The second kappa shape index (κ2) is 5.66. The van der Waals surface area contributed by atoms with E-state index < -0.39 is 0 Å². The molecular formula is C12H11IN2O2S. The number of rotatable bonds is 3. The van der Waals surface area contributed by atoms with Crippen LogP contribution in [0, 0.1) is 3.57 Å². The molecule has 1 amide bonds. The van der Waals surface area contributed by atoms with Crippen molar-refractivity contribution in [1.29, 1.82) is 0 Å². The van der Waals surface area contributed by atoms with Gasteiger partial charge in [0, 0.05) is 0 Å². The molecule has 6 heteroatoms. The molecule has 1 aromatic rings. The van der Waals surface area contributed by atoms with Crippen LogP contribution in [0.25, 0.3) is 6.08 Å². The third-order valence-electron chi connectivity index (χ3n) is 2.29. The molecule has 0 aromatic heterocycles. The van der Waals surface area contributed by atoms with E-state index >= 15 is 0 Å². The predicted octanol–water partition coefficient (Wildman–Crippen LogP) is 2.04. The molecule has 0 bridgehead atoms. The van der Waals surface area contributed by atoms with Crippen LogP contribution in [0.1, 0.15) is 12.5 Å². The first kappa shape index (κ1) is 13.3. The Bertz CT molecular complexity index is 543. The Morgan fingerprint density at radius 3 is 2.78 bits per heavy atom. The van der Waals surface area contributed by atoms with Crippen molar-refractivity contribution >= 4 is 51.9 Å². The van der Waals surface area contributed by atoms with E-state index in [0.29, 0.717) is 17.4 Å². The van der Waals surface area contributed by atoms with E-state index in [1.54, 1.807) is 6.08 Å². The molecule has 0 saturated carbocycles. The SMILES string of the molecule is CCOc1ccc(/C=C2/NC(=S)NC2=O)cc1I. The van der Waals surface area contributed by atoms with Crippen LogP contribution in [0.4, 0.5) is 0 Å². The lowest BCUT2D eigenvalue weighted by Crippen LogP contribution is -2.21. The summed E-state index contributed by atoms with van der Waals surface area (Å²) in [4.78, 5) is 11.5. The molecule has 2 N–H and O–H groups in total. The minimum atomic E-state index is -0.205. The maximum absolute atomic E-state index is 11.5. The molecule has 1 aromatic carbocycles. The zero-order chi connectivity index (χ0) is 13.1. The molecule has 94 valence electrons. The van der Waals surface area contributed by atoms with Gasteiger partial charge in [0.25, 0.3) is 5.91 Å². The van der Waals surface area contributed by atoms with Gasteiger partial charge in [-0.15, -0.1) is 0 Å². The van der Waals surface area contributed by atoms with Gasteiger partial charge in [0.1, 0.15) is 11.4 Å². The number of halogens is 1. The molecule has 0 atom stereocenters. The molecule has 1 heterocycles. The lowest BCUT2D eigenvalue weighted by atomic mass is 10.2. The number of ether oxygens (including phenoxy) is 1. The van der Waals surface area contributed by atoms with Crippen LogP contribution < -0.4 is 15.4 Å². The fourth-order valence-electron chi connectivity index (χ4n) is 1.53. The second-order valence-corrected chi connectivity index (χ2v) is 5.16.